The highest BCUT2D eigenvalue weighted by atomic mass is 16.2. The number of amides is 2. The number of carbonyl (C=O) groups excluding carboxylic acids is 1. The number of rotatable bonds is 5. The van der Waals surface area contributed by atoms with E-state index in [0.717, 1.165) is 27.9 Å². The lowest BCUT2D eigenvalue weighted by Crippen LogP contribution is -2.20. The van der Waals surface area contributed by atoms with E-state index >= 15 is 0 Å². The van der Waals surface area contributed by atoms with Crippen LogP contribution in [0.4, 0.5) is 10.5 Å². The number of pyridine rings is 1. The van der Waals surface area contributed by atoms with Crippen molar-refractivity contribution in [2.45, 2.75) is 26.4 Å². The molecule has 3 rings (SSSR count). The number of aryl methyl sites for hydroxylation is 2. The summed E-state index contributed by atoms with van der Waals surface area (Å²) < 4.78 is 1.80. The van der Waals surface area contributed by atoms with Gasteiger partial charge in [-0.1, -0.05) is 12.1 Å². The molecule has 0 saturated carbocycles. The molecule has 2 aromatic heterocycles. The summed E-state index contributed by atoms with van der Waals surface area (Å²) in [5.74, 6) is 0. The van der Waals surface area contributed by atoms with Crippen LogP contribution in [0.5, 0.6) is 0 Å². The van der Waals surface area contributed by atoms with Crippen LogP contribution in [0.1, 0.15) is 29.8 Å². The Morgan fingerprint density at radius 3 is 2.72 bits per heavy atom. The largest absolute Gasteiger partial charge is 0.351 e. The van der Waals surface area contributed by atoms with Gasteiger partial charge in [0.1, 0.15) is 0 Å². The molecule has 2 amide bonds. The van der Waals surface area contributed by atoms with Crippen LogP contribution in [0.2, 0.25) is 0 Å². The molecule has 0 radical (unpaired) electrons. The zero-order valence-electron chi connectivity index (χ0n) is 14.6. The fraction of sp³-hybridized carbons (Fsp3) is 0.278. The first-order valence-corrected chi connectivity index (χ1v) is 8.12. The first-order chi connectivity index (χ1) is 11.9. The number of fused-ring (bicyclic) bond motifs is 1. The van der Waals surface area contributed by atoms with Crippen LogP contribution in [-0.4, -0.2) is 20.8 Å². The summed E-state index contributed by atoms with van der Waals surface area (Å²) in [7, 11) is 1.90. The lowest BCUT2D eigenvalue weighted by molar-refractivity contribution is 0.259. The number of hydrogen-bond acceptors (Lipinski definition) is 4. The van der Waals surface area contributed by atoms with Gasteiger partial charge in [0.2, 0.25) is 0 Å². The first-order valence-electron chi connectivity index (χ1n) is 8.12. The SMILES string of the molecule is Cc1nn(C)c2ncc(CNC(C)c3ccc(NC(N)=O)cc3)cc12. The summed E-state index contributed by atoms with van der Waals surface area (Å²) in [5, 5.41) is 11.5. The third kappa shape index (κ3) is 3.77. The summed E-state index contributed by atoms with van der Waals surface area (Å²) in [4.78, 5) is 15.4. The van der Waals surface area contributed by atoms with Crippen LogP contribution in [0.25, 0.3) is 11.0 Å². The van der Waals surface area contributed by atoms with Gasteiger partial charge in [-0.3, -0.25) is 4.68 Å². The zero-order valence-corrected chi connectivity index (χ0v) is 14.6. The number of urea groups is 1. The normalized spacial score (nSPS) is 12.3. The Labute approximate surface area is 146 Å². The molecule has 25 heavy (non-hydrogen) atoms. The van der Waals surface area contributed by atoms with Crippen molar-refractivity contribution in [1.82, 2.24) is 20.1 Å². The molecule has 1 atom stereocenters. The Morgan fingerprint density at radius 1 is 1.32 bits per heavy atom. The van der Waals surface area contributed by atoms with E-state index in [1.54, 1.807) is 4.68 Å². The Kier molecular flexibility index (Phi) is 4.67. The highest BCUT2D eigenvalue weighted by Crippen LogP contribution is 2.19. The fourth-order valence-electron chi connectivity index (χ4n) is 2.83. The molecule has 0 aliphatic heterocycles. The van der Waals surface area contributed by atoms with Gasteiger partial charge in [0.05, 0.1) is 5.69 Å². The van der Waals surface area contributed by atoms with E-state index in [-0.39, 0.29) is 6.04 Å². The molecule has 4 N–H and O–H groups in total. The predicted molar refractivity (Wildman–Crippen MR) is 98.1 cm³/mol. The number of primary amides is 1. The number of hydrogen-bond donors (Lipinski definition) is 3. The van der Waals surface area contributed by atoms with Crippen molar-refractivity contribution in [1.29, 1.82) is 0 Å². The van der Waals surface area contributed by atoms with Crippen molar-refractivity contribution in [3.05, 3.63) is 53.3 Å². The lowest BCUT2D eigenvalue weighted by atomic mass is 10.1. The predicted octanol–water partition coefficient (Wildman–Crippen LogP) is 2.62. The lowest BCUT2D eigenvalue weighted by Gasteiger charge is -2.15. The van der Waals surface area contributed by atoms with E-state index < -0.39 is 6.03 Å². The number of aromatic nitrogens is 3. The van der Waals surface area contributed by atoms with Crippen LogP contribution in [0, 0.1) is 6.92 Å². The summed E-state index contributed by atoms with van der Waals surface area (Å²) >= 11 is 0. The van der Waals surface area contributed by atoms with E-state index in [2.05, 4.69) is 33.7 Å². The molecule has 0 aliphatic rings. The number of benzene rings is 1. The number of carbonyl (C=O) groups is 1. The summed E-state index contributed by atoms with van der Waals surface area (Å²) in [6.07, 6.45) is 1.88. The summed E-state index contributed by atoms with van der Waals surface area (Å²) in [5.41, 5.74) is 9.92. The second kappa shape index (κ2) is 6.90. The Morgan fingerprint density at radius 2 is 2.04 bits per heavy atom. The molecule has 0 saturated heterocycles. The van der Waals surface area contributed by atoms with Gasteiger partial charge in [0.15, 0.2) is 5.65 Å². The molecule has 0 spiro atoms. The average Bonchev–Trinajstić information content (AvgIpc) is 2.87. The van der Waals surface area contributed by atoms with Gasteiger partial charge < -0.3 is 16.4 Å². The molecule has 7 nitrogen and oxygen atoms in total. The second-order valence-corrected chi connectivity index (χ2v) is 6.14. The van der Waals surface area contributed by atoms with Crippen molar-refractivity contribution in [3.63, 3.8) is 0 Å². The first kappa shape index (κ1) is 16.9. The van der Waals surface area contributed by atoms with Crippen molar-refractivity contribution < 1.29 is 4.79 Å². The van der Waals surface area contributed by atoms with Crippen LogP contribution < -0.4 is 16.4 Å². The minimum Gasteiger partial charge on any atom is -0.351 e. The number of nitrogens with zero attached hydrogens (tertiary/aromatic N) is 3. The zero-order chi connectivity index (χ0) is 18.0. The Balaban J connectivity index is 1.66. The van der Waals surface area contributed by atoms with Gasteiger partial charge >= 0.3 is 6.03 Å². The number of anilines is 1. The molecule has 0 fully saturated rings. The van der Waals surface area contributed by atoms with Crippen LogP contribution in [0.15, 0.2) is 36.5 Å². The highest BCUT2D eigenvalue weighted by molar-refractivity contribution is 5.87. The molecule has 1 aromatic carbocycles. The van der Waals surface area contributed by atoms with E-state index in [4.69, 9.17) is 5.73 Å². The van der Waals surface area contributed by atoms with E-state index in [9.17, 15) is 4.79 Å². The maximum absolute atomic E-state index is 10.9. The van der Waals surface area contributed by atoms with Gasteiger partial charge in [0.25, 0.3) is 0 Å². The Hall–Kier alpha value is -2.93. The van der Waals surface area contributed by atoms with Crippen molar-refractivity contribution in [3.8, 4) is 0 Å². The quantitative estimate of drug-likeness (QED) is 0.666. The van der Waals surface area contributed by atoms with Gasteiger partial charge in [-0.15, -0.1) is 0 Å². The van der Waals surface area contributed by atoms with Crippen molar-refractivity contribution in [2.24, 2.45) is 12.8 Å². The minimum atomic E-state index is -0.562. The highest BCUT2D eigenvalue weighted by Gasteiger charge is 2.09. The molecule has 0 aliphatic carbocycles. The monoisotopic (exact) mass is 338 g/mol. The van der Waals surface area contributed by atoms with E-state index in [1.165, 1.54) is 0 Å². The Bertz CT molecular complexity index is 900. The summed E-state index contributed by atoms with van der Waals surface area (Å²) in [6, 6.07) is 9.34. The third-order valence-corrected chi connectivity index (χ3v) is 4.21. The molecule has 3 aromatic rings. The van der Waals surface area contributed by atoms with Crippen LogP contribution in [0.3, 0.4) is 0 Å². The molecule has 130 valence electrons. The standard InChI is InChI=1S/C18H22N6O/c1-11(14-4-6-15(7-5-14)22-18(19)25)20-9-13-8-16-12(2)23-24(3)17(16)21-10-13/h4-8,10-11,20H,9H2,1-3H3,(H3,19,22,25). The molecule has 1 unspecified atom stereocenters. The molecular formula is C18H22N6O. The average molecular weight is 338 g/mol. The maximum atomic E-state index is 10.9. The number of nitrogens with one attached hydrogen (secondary N) is 2. The molecule has 2 heterocycles. The molecular weight excluding hydrogens is 316 g/mol. The summed E-state index contributed by atoms with van der Waals surface area (Å²) in [6.45, 7) is 4.79. The van der Waals surface area contributed by atoms with Crippen LogP contribution >= 0.6 is 0 Å². The molecule has 7 heteroatoms. The topological polar surface area (TPSA) is 97.9 Å². The van der Waals surface area contributed by atoms with Crippen molar-refractivity contribution in [2.75, 3.05) is 5.32 Å². The van der Waals surface area contributed by atoms with Gasteiger partial charge in [-0.2, -0.15) is 5.10 Å². The smallest absolute Gasteiger partial charge is 0.316 e. The van der Waals surface area contributed by atoms with Gasteiger partial charge in [-0.05, 0) is 43.2 Å². The minimum absolute atomic E-state index is 0.160. The van der Waals surface area contributed by atoms with Gasteiger partial charge in [-0.25, -0.2) is 9.78 Å². The van der Waals surface area contributed by atoms with E-state index in [1.807, 2.05) is 44.4 Å². The number of nitrogens with two attached hydrogens (primary N) is 1. The van der Waals surface area contributed by atoms with Gasteiger partial charge in [0, 0.05) is 36.9 Å². The fourth-order valence-corrected chi connectivity index (χ4v) is 2.83. The third-order valence-electron chi connectivity index (χ3n) is 4.21. The molecule has 0 bridgehead atoms. The van der Waals surface area contributed by atoms with Crippen molar-refractivity contribution >= 4 is 22.8 Å². The van der Waals surface area contributed by atoms with Crippen LogP contribution in [-0.2, 0) is 13.6 Å². The second-order valence-electron chi connectivity index (χ2n) is 6.14. The maximum Gasteiger partial charge on any atom is 0.316 e. The van der Waals surface area contributed by atoms with E-state index in [0.29, 0.717) is 12.2 Å².